The first-order valence-corrected chi connectivity index (χ1v) is 9.19. The van der Waals surface area contributed by atoms with Crippen molar-refractivity contribution < 1.29 is 22.3 Å². The molecule has 0 bridgehead atoms. The Morgan fingerprint density at radius 3 is 2.04 bits per heavy atom. The van der Waals surface area contributed by atoms with E-state index in [-0.39, 0.29) is 18.1 Å². The fraction of sp³-hybridized carbons (Fsp3) is 0. The molecular formula is C19H15ClIN5O2. The van der Waals surface area contributed by atoms with Gasteiger partial charge in [-0.3, -0.25) is 10.1 Å². The number of anilines is 1. The molecule has 7 nitrogen and oxygen atoms in total. The van der Waals surface area contributed by atoms with Gasteiger partial charge in [-0.15, -0.1) is 10.1 Å². The van der Waals surface area contributed by atoms with Gasteiger partial charge in [0, 0.05) is 27.6 Å². The third-order valence-corrected chi connectivity index (χ3v) is 5.05. The largest absolute Gasteiger partial charge is 1.00 e. The lowest BCUT2D eigenvalue weighted by atomic mass is 10.2. The number of non-ortho nitro benzene ring substituents is 1. The normalized spacial score (nSPS) is 16.4. The zero-order valence-corrected chi connectivity index (χ0v) is 17.4. The molecule has 1 aliphatic rings. The van der Waals surface area contributed by atoms with Crippen molar-refractivity contribution in [2.75, 3.05) is 5.12 Å². The summed E-state index contributed by atoms with van der Waals surface area (Å²) in [6.45, 7) is 0. The van der Waals surface area contributed by atoms with Gasteiger partial charge >= 0.3 is 0 Å². The van der Waals surface area contributed by atoms with Gasteiger partial charge in [-0.2, -0.15) is 0 Å². The molecule has 4 rings (SSSR count). The van der Waals surface area contributed by atoms with Crippen LogP contribution in [0.5, 0.6) is 0 Å². The Balaban J connectivity index is 0.00000225. The van der Waals surface area contributed by atoms with Gasteiger partial charge in [0.25, 0.3) is 11.5 Å². The van der Waals surface area contributed by atoms with Crippen LogP contribution < -0.4 is 22.5 Å². The lowest BCUT2D eigenvalue weighted by Crippen LogP contribution is -3.13. The predicted molar refractivity (Wildman–Crippen MR) is 111 cm³/mol. The number of hydrogen-bond donors (Lipinski definition) is 1. The summed E-state index contributed by atoms with van der Waals surface area (Å²) in [6, 6.07) is 26.4. The molecule has 0 aliphatic carbocycles. The highest BCUT2D eigenvalue weighted by Gasteiger charge is 2.39. The molecule has 0 amide bonds. The number of hydrogen-bond acceptors (Lipinski definition) is 5. The second-order valence-corrected chi connectivity index (χ2v) is 6.77. The topological polar surface area (TPSA) is 66.4 Å². The maximum atomic E-state index is 10.9. The molecule has 28 heavy (non-hydrogen) atoms. The number of para-hydroxylation sites is 1. The van der Waals surface area contributed by atoms with E-state index in [1.165, 1.54) is 12.1 Å². The van der Waals surface area contributed by atoms with E-state index < -0.39 is 4.92 Å². The summed E-state index contributed by atoms with van der Waals surface area (Å²) in [6.07, 6.45) is 0. The number of nitro benzene ring substituents is 1. The van der Waals surface area contributed by atoms with E-state index in [1.54, 1.807) is 17.3 Å². The maximum absolute atomic E-state index is 10.9. The van der Waals surface area contributed by atoms with Crippen LogP contribution in [0.15, 0.2) is 90.0 Å². The van der Waals surface area contributed by atoms with Crippen LogP contribution >= 0.6 is 22.9 Å². The molecule has 1 atom stereocenters. The van der Waals surface area contributed by atoms with E-state index in [9.17, 15) is 10.1 Å². The van der Waals surface area contributed by atoms with E-state index in [1.807, 2.05) is 64.0 Å². The molecular weight excluding hydrogens is 493 g/mol. The van der Waals surface area contributed by atoms with Gasteiger partial charge in [0.1, 0.15) is 22.9 Å². The average molecular weight is 508 g/mol. The Bertz CT molecular complexity index is 986. The fourth-order valence-corrected chi connectivity index (χ4v) is 3.71. The molecule has 3 aromatic rings. The highest BCUT2D eigenvalue weighted by atomic mass is 127. The molecule has 1 N–H and O–H groups in total. The molecule has 1 unspecified atom stereocenters. The number of halogens is 2. The standard InChI is InChI=1S/C19H14IN5O2.ClH/c20-25-22(16-9-5-2-6-10-16)19(15-7-3-1-4-8-15)21-23(25)17-11-13-18(14-12-17)24(26)27;/h1-14H;1H. The molecule has 0 saturated heterocycles. The molecule has 3 aromatic carbocycles. The van der Waals surface area contributed by atoms with E-state index >= 15 is 0 Å². The number of hydrazone groups is 1. The summed E-state index contributed by atoms with van der Waals surface area (Å²) >= 11 is 2.20. The first-order chi connectivity index (χ1) is 13.1. The van der Waals surface area contributed by atoms with Crippen LogP contribution in [-0.2, 0) is 0 Å². The van der Waals surface area contributed by atoms with Gasteiger partial charge in [-0.25, -0.2) is 0 Å². The minimum absolute atomic E-state index is 0. The molecule has 0 saturated carbocycles. The third kappa shape index (κ3) is 3.85. The van der Waals surface area contributed by atoms with Gasteiger partial charge < -0.3 is 12.4 Å². The van der Waals surface area contributed by atoms with Gasteiger partial charge in [0.05, 0.1) is 16.2 Å². The van der Waals surface area contributed by atoms with Crippen molar-refractivity contribution in [1.82, 2.24) is 3.33 Å². The Labute approximate surface area is 181 Å². The monoisotopic (exact) mass is 507 g/mol. The van der Waals surface area contributed by atoms with E-state index in [0.717, 1.165) is 27.8 Å². The van der Waals surface area contributed by atoms with Crippen molar-refractivity contribution in [3.8, 4) is 0 Å². The Morgan fingerprint density at radius 1 is 0.893 bits per heavy atom. The maximum Gasteiger partial charge on any atom is 0.279 e. The zero-order valence-electron chi connectivity index (χ0n) is 14.4. The summed E-state index contributed by atoms with van der Waals surface area (Å²) in [5.41, 5.74) is 2.84. The van der Waals surface area contributed by atoms with Crippen LogP contribution in [0.3, 0.4) is 0 Å². The van der Waals surface area contributed by atoms with Crippen molar-refractivity contribution >= 4 is 45.8 Å². The number of quaternary nitrogens is 1. The third-order valence-electron chi connectivity index (χ3n) is 4.16. The number of amidine groups is 1. The number of benzene rings is 3. The van der Waals surface area contributed by atoms with Crippen molar-refractivity contribution in [3.63, 3.8) is 0 Å². The number of rotatable bonds is 4. The number of nitro groups is 1. The highest BCUT2D eigenvalue weighted by Crippen LogP contribution is 2.25. The first-order valence-electron chi connectivity index (χ1n) is 8.22. The summed E-state index contributed by atoms with van der Waals surface area (Å²) in [4.78, 5) is 10.5. The predicted octanol–water partition coefficient (Wildman–Crippen LogP) is 0.479. The minimum atomic E-state index is -0.407. The quantitative estimate of drug-likeness (QED) is 0.242. The highest BCUT2D eigenvalue weighted by molar-refractivity contribution is 14.1. The summed E-state index contributed by atoms with van der Waals surface area (Å²) in [5, 5.41) is 18.4. The zero-order chi connectivity index (χ0) is 18.8. The number of hydrazine groups is 1. The van der Waals surface area contributed by atoms with Crippen LogP contribution in [0.4, 0.5) is 17.1 Å². The summed E-state index contributed by atoms with van der Waals surface area (Å²) < 4.78 is 1.93. The van der Waals surface area contributed by atoms with Crippen molar-refractivity contribution in [1.29, 1.82) is 0 Å². The lowest BCUT2D eigenvalue weighted by molar-refractivity contribution is -0.830. The lowest BCUT2D eigenvalue weighted by Gasteiger charge is -2.23. The summed E-state index contributed by atoms with van der Waals surface area (Å²) in [7, 11) is 0. The van der Waals surface area contributed by atoms with E-state index in [0.29, 0.717) is 0 Å². The second-order valence-electron chi connectivity index (χ2n) is 5.85. The minimum Gasteiger partial charge on any atom is -1.00 e. The van der Waals surface area contributed by atoms with Gasteiger partial charge in [-0.1, -0.05) is 41.5 Å². The van der Waals surface area contributed by atoms with Crippen LogP contribution in [0, 0.1) is 10.1 Å². The van der Waals surface area contributed by atoms with Crippen LogP contribution in [-0.4, -0.2) is 14.1 Å². The molecule has 0 fully saturated rings. The molecule has 0 aromatic heterocycles. The van der Waals surface area contributed by atoms with Crippen LogP contribution in [0.2, 0.25) is 0 Å². The fourth-order valence-electron chi connectivity index (χ4n) is 2.86. The smallest absolute Gasteiger partial charge is 0.279 e. The van der Waals surface area contributed by atoms with Gasteiger partial charge in [0.2, 0.25) is 0 Å². The second kappa shape index (κ2) is 8.65. The summed E-state index contributed by atoms with van der Waals surface area (Å²) in [5.74, 6) is 0.842. The van der Waals surface area contributed by atoms with Crippen molar-refractivity contribution in [3.05, 3.63) is 101 Å². The number of nitrogens with one attached hydrogen (secondary N) is 1. The molecule has 0 spiro atoms. The molecule has 1 aliphatic heterocycles. The first kappa shape index (κ1) is 20.2. The average Bonchev–Trinajstić information content (AvgIpc) is 3.06. The SMILES string of the molecule is O=[N+]([O-])c1ccc(N2N=C(c3ccccc3)[NH+](c3ccccc3)N2I)cc1.[Cl-]. The van der Waals surface area contributed by atoms with Gasteiger partial charge in [0.15, 0.2) is 5.69 Å². The molecule has 142 valence electrons. The Morgan fingerprint density at radius 2 is 1.46 bits per heavy atom. The van der Waals surface area contributed by atoms with Crippen LogP contribution in [0.25, 0.3) is 0 Å². The van der Waals surface area contributed by atoms with Crippen molar-refractivity contribution in [2.24, 2.45) is 5.10 Å². The van der Waals surface area contributed by atoms with Gasteiger partial charge in [-0.05, 0) is 24.3 Å². The molecule has 1 heterocycles. The number of nitrogens with zero attached hydrogens (tertiary/aromatic N) is 4. The molecule has 0 radical (unpaired) electrons. The van der Waals surface area contributed by atoms with Crippen molar-refractivity contribution in [2.45, 2.75) is 0 Å². The molecule has 9 heteroatoms. The Kier molecular flexibility index (Phi) is 6.25. The van der Waals surface area contributed by atoms with E-state index in [2.05, 4.69) is 22.9 Å². The van der Waals surface area contributed by atoms with Crippen LogP contribution in [0.1, 0.15) is 5.56 Å². The van der Waals surface area contributed by atoms with E-state index in [4.69, 9.17) is 5.10 Å². The Hall–Kier alpha value is -2.53.